The molecule has 1 saturated heterocycles. The number of benzene rings is 1. The molecule has 2 aromatic heterocycles. The lowest BCUT2D eigenvalue weighted by Gasteiger charge is -2.33. The Bertz CT molecular complexity index is 970. The van der Waals surface area contributed by atoms with Gasteiger partial charge < -0.3 is 0 Å². The van der Waals surface area contributed by atoms with E-state index in [4.69, 9.17) is 0 Å². The van der Waals surface area contributed by atoms with E-state index in [1.807, 2.05) is 48.0 Å². The molecule has 1 aliphatic rings. The quantitative estimate of drug-likeness (QED) is 0.706. The molecule has 1 fully saturated rings. The largest absolute Gasteiger partial charge is 0.295 e. The summed E-state index contributed by atoms with van der Waals surface area (Å²) >= 11 is 0. The van der Waals surface area contributed by atoms with E-state index >= 15 is 0 Å². The molecule has 4 rings (SSSR count). The van der Waals surface area contributed by atoms with Gasteiger partial charge in [-0.05, 0) is 37.3 Å². The maximum Gasteiger partial charge on any atom is 0.243 e. The maximum atomic E-state index is 12.8. The minimum atomic E-state index is -3.41. The van der Waals surface area contributed by atoms with Crippen LogP contribution in [0.5, 0.6) is 0 Å². The number of pyridine rings is 1. The smallest absolute Gasteiger partial charge is 0.243 e. The van der Waals surface area contributed by atoms with Crippen LogP contribution in [0.1, 0.15) is 11.3 Å². The zero-order valence-corrected chi connectivity index (χ0v) is 15.6. The number of nitrogens with zero attached hydrogens (tertiary/aromatic N) is 4. The Morgan fingerprint density at radius 3 is 2.42 bits per heavy atom. The molecule has 0 unspecified atom stereocenters. The third-order valence-corrected chi connectivity index (χ3v) is 6.71. The van der Waals surface area contributed by atoms with E-state index in [9.17, 15) is 8.42 Å². The Labute approximate surface area is 153 Å². The summed E-state index contributed by atoms with van der Waals surface area (Å²) in [6.07, 6.45) is 1.94. The molecule has 7 heteroatoms. The van der Waals surface area contributed by atoms with Gasteiger partial charge in [0.1, 0.15) is 0 Å². The normalized spacial score (nSPS) is 17.0. The molecular formula is C19H22N4O2S. The van der Waals surface area contributed by atoms with Gasteiger partial charge in [-0.1, -0.05) is 23.8 Å². The molecular weight excluding hydrogens is 348 g/mol. The Morgan fingerprint density at radius 1 is 1.00 bits per heavy atom. The zero-order chi connectivity index (χ0) is 18.1. The average molecular weight is 370 g/mol. The predicted octanol–water partition coefficient (Wildman–Crippen LogP) is 2.15. The van der Waals surface area contributed by atoms with Crippen molar-refractivity contribution in [1.29, 1.82) is 0 Å². The fourth-order valence-electron chi connectivity index (χ4n) is 3.28. The lowest BCUT2D eigenvalue weighted by molar-refractivity contribution is 0.180. The fraction of sp³-hybridized carbons (Fsp3) is 0.316. The van der Waals surface area contributed by atoms with Crippen molar-refractivity contribution < 1.29 is 8.42 Å². The molecule has 3 aromatic rings. The number of rotatable bonds is 4. The number of piperazine rings is 1. The zero-order valence-electron chi connectivity index (χ0n) is 14.7. The van der Waals surface area contributed by atoms with Crippen LogP contribution in [0.3, 0.4) is 0 Å². The third kappa shape index (κ3) is 3.38. The van der Waals surface area contributed by atoms with Gasteiger partial charge in [0.15, 0.2) is 0 Å². The van der Waals surface area contributed by atoms with Gasteiger partial charge in [-0.25, -0.2) is 12.9 Å². The second kappa shape index (κ2) is 6.83. The molecule has 1 aromatic carbocycles. The predicted molar refractivity (Wildman–Crippen MR) is 100 cm³/mol. The summed E-state index contributed by atoms with van der Waals surface area (Å²) in [5, 5.41) is 4.57. The summed E-state index contributed by atoms with van der Waals surface area (Å²) in [6.45, 7) is 5.11. The van der Waals surface area contributed by atoms with Crippen LogP contribution in [-0.2, 0) is 16.6 Å². The maximum absolute atomic E-state index is 12.8. The number of hydrogen-bond acceptors (Lipinski definition) is 4. The van der Waals surface area contributed by atoms with Crippen molar-refractivity contribution in [2.45, 2.75) is 18.4 Å². The number of fused-ring (bicyclic) bond motifs is 1. The van der Waals surface area contributed by atoms with Gasteiger partial charge in [-0.2, -0.15) is 9.40 Å². The van der Waals surface area contributed by atoms with Crippen LogP contribution in [-0.4, -0.2) is 53.4 Å². The monoisotopic (exact) mass is 370 g/mol. The van der Waals surface area contributed by atoms with Gasteiger partial charge in [-0.3, -0.25) is 4.90 Å². The minimum Gasteiger partial charge on any atom is -0.295 e. The van der Waals surface area contributed by atoms with Gasteiger partial charge in [0, 0.05) is 38.9 Å². The molecule has 0 bridgehead atoms. The first-order valence-electron chi connectivity index (χ1n) is 8.75. The van der Waals surface area contributed by atoms with Crippen molar-refractivity contribution in [2.75, 3.05) is 26.2 Å². The average Bonchev–Trinajstić information content (AvgIpc) is 3.05. The molecule has 0 radical (unpaired) electrons. The summed E-state index contributed by atoms with van der Waals surface area (Å²) in [6, 6.07) is 15.1. The Hall–Kier alpha value is -2.22. The van der Waals surface area contributed by atoms with Crippen molar-refractivity contribution >= 4 is 15.5 Å². The highest BCUT2D eigenvalue weighted by molar-refractivity contribution is 7.89. The molecule has 0 atom stereocenters. The molecule has 0 N–H and O–H groups in total. The number of aromatic nitrogens is 2. The highest BCUT2D eigenvalue weighted by Crippen LogP contribution is 2.19. The molecule has 0 amide bonds. The van der Waals surface area contributed by atoms with E-state index in [1.54, 1.807) is 16.4 Å². The van der Waals surface area contributed by atoms with Crippen LogP contribution >= 0.6 is 0 Å². The summed E-state index contributed by atoms with van der Waals surface area (Å²) in [5.41, 5.74) is 3.13. The first-order chi connectivity index (χ1) is 12.5. The lowest BCUT2D eigenvalue weighted by Crippen LogP contribution is -2.48. The fourth-order valence-corrected chi connectivity index (χ4v) is 4.71. The Kier molecular flexibility index (Phi) is 4.52. The summed E-state index contributed by atoms with van der Waals surface area (Å²) in [4.78, 5) is 2.63. The second-order valence-corrected chi connectivity index (χ2v) is 8.64. The molecule has 136 valence electrons. The van der Waals surface area contributed by atoms with Gasteiger partial charge in [0.25, 0.3) is 0 Å². The lowest BCUT2D eigenvalue weighted by atomic mass is 10.2. The van der Waals surface area contributed by atoms with Crippen LogP contribution in [0, 0.1) is 6.92 Å². The molecule has 1 aliphatic heterocycles. The summed E-state index contributed by atoms with van der Waals surface area (Å²) in [7, 11) is -3.41. The van der Waals surface area contributed by atoms with Crippen LogP contribution < -0.4 is 0 Å². The SMILES string of the molecule is Cc1ccc(S(=O)(=O)N2CCN(Cc3cc4ccccn4n3)CC2)cc1. The van der Waals surface area contributed by atoms with Crippen molar-refractivity contribution in [1.82, 2.24) is 18.8 Å². The first kappa shape index (κ1) is 17.2. The first-order valence-corrected chi connectivity index (χ1v) is 10.2. The summed E-state index contributed by atoms with van der Waals surface area (Å²) in [5.74, 6) is 0. The van der Waals surface area contributed by atoms with Crippen molar-refractivity contribution in [3.05, 3.63) is 66.0 Å². The van der Waals surface area contributed by atoms with Crippen LogP contribution in [0.4, 0.5) is 0 Å². The molecule has 0 saturated carbocycles. The second-order valence-electron chi connectivity index (χ2n) is 6.70. The highest BCUT2D eigenvalue weighted by Gasteiger charge is 2.28. The van der Waals surface area contributed by atoms with Crippen molar-refractivity contribution in [3.8, 4) is 0 Å². The third-order valence-electron chi connectivity index (χ3n) is 4.80. The van der Waals surface area contributed by atoms with E-state index in [1.165, 1.54) is 0 Å². The van der Waals surface area contributed by atoms with Crippen molar-refractivity contribution in [3.63, 3.8) is 0 Å². The van der Waals surface area contributed by atoms with Gasteiger partial charge in [0.05, 0.1) is 16.1 Å². The van der Waals surface area contributed by atoms with E-state index in [0.29, 0.717) is 31.1 Å². The molecule has 0 aliphatic carbocycles. The van der Waals surface area contributed by atoms with E-state index in [-0.39, 0.29) is 0 Å². The topological polar surface area (TPSA) is 57.9 Å². The number of aryl methyl sites for hydroxylation is 1. The molecule has 6 nitrogen and oxygen atoms in total. The molecule has 0 spiro atoms. The van der Waals surface area contributed by atoms with Crippen LogP contribution in [0.2, 0.25) is 0 Å². The van der Waals surface area contributed by atoms with E-state index in [2.05, 4.69) is 16.1 Å². The van der Waals surface area contributed by atoms with Crippen LogP contribution in [0.15, 0.2) is 59.6 Å². The molecule has 3 heterocycles. The summed E-state index contributed by atoms with van der Waals surface area (Å²) < 4.78 is 29.0. The Morgan fingerprint density at radius 2 is 1.73 bits per heavy atom. The minimum absolute atomic E-state index is 0.372. The van der Waals surface area contributed by atoms with Gasteiger partial charge >= 0.3 is 0 Å². The number of hydrogen-bond donors (Lipinski definition) is 0. The van der Waals surface area contributed by atoms with Gasteiger partial charge in [-0.15, -0.1) is 0 Å². The number of sulfonamides is 1. The van der Waals surface area contributed by atoms with Gasteiger partial charge in [0.2, 0.25) is 10.0 Å². The van der Waals surface area contributed by atoms with Crippen LogP contribution in [0.25, 0.3) is 5.52 Å². The van der Waals surface area contributed by atoms with Crippen molar-refractivity contribution in [2.24, 2.45) is 0 Å². The Balaban J connectivity index is 1.41. The van der Waals surface area contributed by atoms with E-state index in [0.717, 1.165) is 23.3 Å². The standard InChI is InChI=1S/C19H22N4O2S/c1-16-5-7-19(8-6-16)26(24,25)22-12-10-21(11-13-22)15-17-14-18-4-2-3-9-23(18)20-17/h2-9,14H,10-13,15H2,1H3. The van der Waals surface area contributed by atoms with E-state index < -0.39 is 10.0 Å². The molecule has 26 heavy (non-hydrogen) atoms. The highest BCUT2D eigenvalue weighted by atomic mass is 32.2.